The Kier molecular flexibility index (Phi) is 5.37. The van der Waals surface area contributed by atoms with Gasteiger partial charge >= 0.3 is 0 Å². The Morgan fingerprint density at radius 3 is 2.79 bits per heavy atom. The lowest BCUT2D eigenvalue weighted by Crippen LogP contribution is -2.26. The van der Waals surface area contributed by atoms with Gasteiger partial charge in [0, 0.05) is 16.7 Å². The number of hydrogen-bond acceptors (Lipinski definition) is 5. The van der Waals surface area contributed by atoms with Gasteiger partial charge in [0.05, 0.1) is 3.79 Å². The standard InChI is InChI=1S/C16H13BrFN3OS2/c1-9(15(22)20-16-21-19-8-23-16)14(12-5-6-13(17)24-12)10-3-2-4-11(18)7-10/h2-9,14H,1H3,(H,20,21,22). The van der Waals surface area contributed by atoms with Crippen molar-refractivity contribution in [3.05, 3.63) is 62.0 Å². The molecule has 0 spiro atoms. The molecule has 0 aliphatic heterocycles. The first-order valence-corrected chi connectivity index (χ1v) is 9.61. The number of hydrogen-bond donors (Lipinski definition) is 1. The zero-order valence-corrected chi connectivity index (χ0v) is 15.8. The summed E-state index contributed by atoms with van der Waals surface area (Å²) in [5.41, 5.74) is 2.32. The van der Waals surface area contributed by atoms with Crippen molar-refractivity contribution >= 4 is 49.6 Å². The van der Waals surface area contributed by atoms with Crippen LogP contribution >= 0.6 is 38.6 Å². The Morgan fingerprint density at radius 2 is 2.17 bits per heavy atom. The van der Waals surface area contributed by atoms with Crippen molar-refractivity contribution in [2.45, 2.75) is 12.8 Å². The van der Waals surface area contributed by atoms with Gasteiger partial charge in [-0.15, -0.1) is 21.5 Å². The van der Waals surface area contributed by atoms with Crippen LogP contribution in [0.15, 0.2) is 45.7 Å². The van der Waals surface area contributed by atoms with Gasteiger partial charge in [-0.05, 0) is 45.8 Å². The first kappa shape index (κ1) is 17.2. The molecule has 2 heterocycles. The summed E-state index contributed by atoms with van der Waals surface area (Å²) < 4.78 is 14.7. The Labute approximate surface area is 154 Å². The second-order valence-corrected chi connectivity index (χ2v) is 8.52. The van der Waals surface area contributed by atoms with Gasteiger partial charge in [-0.25, -0.2) is 4.39 Å². The Bertz CT molecular complexity index is 837. The van der Waals surface area contributed by atoms with Crippen LogP contribution in [0.1, 0.15) is 23.3 Å². The molecule has 2 aromatic heterocycles. The lowest BCUT2D eigenvalue weighted by molar-refractivity contribution is -0.119. The van der Waals surface area contributed by atoms with Crippen molar-refractivity contribution in [2.24, 2.45) is 5.92 Å². The lowest BCUT2D eigenvalue weighted by atomic mass is 9.85. The first-order valence-electron chi connectivity index (χ1n) is 7.12. The van der Waals surface area contributed by atoms with Crippen molar-refractivity contribution in [3.8, 4) is 0 Å². The fourth-order valence-electron chi connectivity index (χ4n) is 2.49. The minimum absolute atomic E-state index is 0.175. The van der Waals surface area contributed by atoms with Gasteiger partial charge in [0.15, 0.2) is 0 Å². The molecule has 2 unspecified atom stereocenters. The predicted molar refractivity (Wildman–Crippen MR) is 98.0 cm³/mol. The lowest BCUT2D eigenvalue weighted by Gasteiger charge is -2.22. The SMILES string of the molecule is CC(C(=O)Nc1nncs1)C(c1cccc(F)c1)c1ccc(Br)s1. The number of benzene rings is 1. The molecule has 4 nitrogen and oxygen atoms in total. The minimum Gasteiger partial charge on any atom is -0.300 e. The second-order valence-electron chi connectivity index (χ2n) is 5.20. The average molecular weight is 426 g/mol. The molecule has 0 saturated carbocycles. The fraction of sp³-hybridized carbons (Fsp3) is 0.188. The highest BCUT2D eigenvalue weighted by Crippen LogP contribution is 2.38. The van der Waals surface area contributed by atoms with Crippen LogP contribution in [0.4, 0.5) is 9.52 Å². The van der Waals surface area contributed by atoms with E-state index in [0.717, 1.165) is 14.2 Å². The molecule has 0 fully saturated rings. The number of aromatic nitrogens is 2. The molecule has 24 heavy (non-hydrogen) atoms. The van der Waals surface area contributed by atoms with Crippen molar-refractivity contribution in [2.75, 3.05) is 5.32 Å². The van der Waals surface area contributed by atoms with Gasteiger partial charge in [0.1, 0.15) is 11.3 Å². The van der Waals surface area contributed by atoms with E-state index in [-0.39, 0.29) is 17.6 Å². The van der Waals surface area contributed by atoms with E-state index in [1.54, 1.807) is 11.6 Å². The quantitative estimate of drug-likeness (QED) is 0.631. The van der Waals surface area contributed by atoms with Crippen molar-refractivity contribution in [3.63, 3.8) is 0 Å². The van der Waals surface area contributed by atoms with E-state index in [9.17, 15) is 9.18 Å². The minimum atomic E-state index is -0.402. The third-order valence-electron chi connectivity index (χ3n) is 3.61. The molecular weight excluding hydrogens is 413 g/mol. The number of anilines is 1. The van der Waals surface area contributed by atoms with Crippen molar-refractivity contribution in [1.29, 1.82) is 0 Å². The fourth-order valence-corrected chi connectivity index (χ4v) is 4.60. The van der Waals surface area contributed by atoms with E-state index in [0.29, 0.717) is 5.13 Å². The summed E-state index contributed by atoms with van der Waals surface area (Å²) in [5, 5.41) is 10.8. The van der Waals surface area contributed by atoms with Crippen molar-refractivity contribution < 1.29 is 9.18 Å². The molecule has 8 heteroatoms. The van der Waals surface area contributed by atoms with Gasteiger partial charge in [-0.1, -0.05) is 30.4 Å². The highest BCUT2D eigenvalue weighted by Gasteiger charge is 2.29. The third kappa shape index (κ3) is 3.88. The maximum atomic E-state index is 13.7. The summed E-state index contributed by atoms with van der Waals surface area (Å²) in [6.07, 6.45) is 0. The zero-order valence-electron chi connectivity index (χ0n) is 12.6. The molecule has 1 amide bonds. The molecule has 3 aromatic rings. The molecule has 0 aliphatic carbocycles. The highest BCUT2D eigenvalue weighted by atomic mass is 79.9. The largest absolute Gasteiger partial charge is 0.300 e. The molecule has 1 N–H and O–H groups in total. The van der Waals surface area contributed by atoms with E-state index in [1.807, 2.05) is 25.1 Å². The summed E-state index contributed by atoms with van der Waals surface area (Å²) in [6.45, 7) is 1.83. The normalized spacial score (nSPS) is 13.5. The maximum absolute atomic E-state index is 13.7. The van der Waals surface area contributed by atoms with Gasteiger partial charge in [0.25, 0.3) is 0 Å². The van der Waals surface area contributed by atoms with Gasteiger partial charge in [-0.2, -0.15) is 0 Å². The average Bonchev–Trinajstić information content (AvgIpc) is 3.19. The molecule has 0 aliphatic rings. The highest BCUT2D eigenvalue weighted by molar-refractivity contribution is 9.11. The number of carbonyl (C=O) groups is 1. The Balaban J connectivity index is 1.93. The molecule has 3 rings (SSSR count). The summed E-state index contributed by atoms with van der Waals surface area (Å²) in [4.78, 5) is 13.6. The Morgan fingerprint density at radius 1 is 1.33 bits per heavy atom. The summed E-state index contributed by atoms with van der Waals surface area (Å²) in [6, 6.07) is 10.3. The van der Waals surface area contributed by atoms with E-state index in [1.165, 1.54) is 34.8 Å². The van der Waals surface area contributed by atoms with Crippen LogP contribution < -0.4 is 5.32 Å². The number of nitrogens with zero attached hydrogens (tertiary/aromatic N) is 2. The number of carbonyl (C=O) groups excluding carboxylic acids is 1. The Hall–Kier alpha value is -1.64. The number of halogens is 2. The topological polar surface area (TPSA) is 54.9 Å². The zero-order chi connectivity index (χ0) is 17.1. The molecule has 0 bridgehead atoms. The number of nitrogens with one attached hydrogen (secondary N) is 1. The molecule has 2 atom stereocenters. The van der Waals surface area contributed by atoms with Crippen LogP contribution in [-0.4, -0.2) is 16.1 Å². The van der Waals surface area contributed by atoms with Crippen LogP contribution in [0.5, 0.6) is 0 Å². The number of rotatable bonds is 5. The van der Waals surface area contributed by atoms with Crippen LogP contribution in [0.3, 0.4) is 0 Å². The van der Waals surface area contributed by atoms with Gasteiger partial charge in [0.2, 0.25) is 11.0 Å². The summed E-state index contributed by atoms with van der Waals surface area (Å²) in [5.74, 6) is -1.14. The maximum Gasteiger partial charge on any atom is 0.230 e. The van der Waals surface area contributed by atoms with Crippen LogP contribution in [0.2, 0.25) is 0 Å². The second kappa shape index (κ2) is 7.50. The van der Waals surface area contributed by atoms with E-state index in [4.69, 9.17) is 0 Å². The van der Waals surface area contributed by atoms with Crippen LogP contribution in [0, 0.1) is 11.7 Å². The predicted octanol–water partition coefficient (Wildman–Crippen LogP) is 4.91. The van der Waals surface area contributed by atoms with E-state index < -0.39 is 5.92 Å². The van der Waals surface area contributed by atoms with Crippen LogP contribution in [-0.2, 0) is 4.79 Å². The molecular formula is C16H13BrFN3OS2. The first-order chi connectivity index (χ1) is 11.5. The number of thiophene rings is 1. The number of amides is 1. The molecule has 0 radical (unpaired) electrons. The van der Waals surface area contributed by atoms with E-state index in [2.05, 4.69) is 31.4 Å². The third-order valence-corrected chi connectivity index (χ3v) is 5.93. The van der Waals surface area contributed by atoms with Crippen LogP contribution in [0.25, 0.3) is 0 Å². The molecule has 0 saturated heterocycles. The molecule has 1 aromatic carbocycles. The summed E-state index contributed by atoms with van der Waals surface area (Å²) in [7, 11) is 0. The molecule has 124 valence electrons. The van der Waals surface area contributed by atoms with E-state index >= 15 is 0 Å². The smallest absolute Gasteiger partial charge is 0.230 e. The van der Waals surface area contributed by atoms with Gasteiger partial charge in [-0.3, -0.25) is 4.79 Å². The van der Waals surface area contributed by atoms with Crippen molar-refractivity contribution in [1.82, 2.24) is 10.2 Å². The monoisotopic (exact) mass is 425 g/mol. The van der Waals surface area contributed by atoms with Gasteiger partial charge < -0.3 is 5.32 Å². The summed E-state index contributed by atoms with van der Waals surface area (Å²) >= 11 is 6.25.